The first-order valence-corrected chi connectivity index (χ1v) is 18.6. The van der Waals surface area contributed by atoms with Gasteiger partial charge in [-0.2, -0.15) is 0 Å². The van der Waals surface area contributed by atoms with Gasteiger partial charge in [0.2, 0.25) is 17.7 Å². The minimum atomic E-state index is -0.670. The Balaban J connectivity index is 1.40. The van der Waals surface area contributed by atoms with Crippen LogP contribution in [0.15, 0.2) is 48.5 Å². The summed E-state index contributed by atoms with van der Waals surface area (Å²) >= 11 is 0. The van der Waals surface area contributed by atoms with Gasteiger partial charge in [0, 0.05) is 70.0 Å². The molecule has 11 nitrogen and oxygen atoms in total. The highest BCUT2D eigenvalue weighted by molar-refractivity contribution is 6.01. The summed E-state index contributed by atoms with van der Waals surface area (Å²) < 4.78 is 0. The average molecular weight is 688 g/mol. The summed E-state index contributed by atoms with van der Waals surface area (Å²) in [6.45, 7) is 9.15. The second-order valence-electron chi connectivity index (χ2n) is 14.4. The van der Waals surface area contributed by atoms with Crippen molar-refractivity contribution in [1.82, 2.24) is 24.9 Å². The minimum Gasteiger partial charge on any atom is -0.378 e. The Morgan fingerprint density at radius 1 is 0.940 bits per heavy atom. The molecular formula is C39H57N7O4. The minimum absolute atomic E-state index is 0.00860. The van der Waals surface area contributed by atoms with Crippen molar-refractivity contribution >= 4 is 29.3 Å². The number of rotatable bonds is 15. The van der Waals surface area contributed by atoms with E-state index in [1.54, 1.807) is 15.9 Å². The summed E-state index contributed by atoms with van der Waals surface area (Å²) in [5.74, 6) is -1.81. The van der Waals surface area contributed by atoms with Crippen molar-refractivity contribution < 1.29 is 19.2 Å². The Morgan fingerprint density at radius 2 is 1.68 bits per heavy atom. The van der Waals surface area contributed by atoms with E-state index in [1.807, 2.05) is 61.5 Å². The Hall–Kier alpha value is -3.96. The van der Waals surface area contributed by atoms with Gasteiger partial charge in [-0.3, -0.25) is 24.1 Å². The third kappa shape index (κ3) is 8.84. The normalized spacial score (nSPS) is 22.6. The van der Waals surface area contributed by atoms with E-state index >= 15 is 0 Å². The van der Waals surface area contributed by atoms with Crippen LogP contribution in [0.4, 0.5) is 5.69 Å². The highest BCUT2D eigenvalue weighted by Crippen LogP contribution is 2.43. The molecule has 11 heteroatoms. The van der Waals surface area contributed by atoms with Gasteiger partial charge in [0.15, 0.2) is 0 Å². The zero-order valence-electron chi connectivity index (χ0n) is 30.5. The van der Waals surface area contributed by atoms with E-state index in [9.17, 15) is 19.2 Å². The Morgan fingerprint density at radius 3 is 2.38 bits per heavy atom. The number of likely N-dealkylation sites (tertiary alicyclic amines) is 2. The van der Waals surface area contributed by atoms with Crippen LogP contribution in [0.25, 0.3) is 0 Å². The van der Waals surface area contributed by atoms with Gasteiger partial charge in [0.25, 0.3) is 5.91 Å². The second kappa shape index (κ2) is 17.3. The van der Waals surface area contributed by atoms with Crippen LogP contribution in [0.2, 0.25) is 0 Å². The molecular weight excluding hydrogens is 630 g/mol. The third-order valence-corrected chi connectivity index (χ3v) is 10.9. The summed E-state index contributed by atoms with van der Waals surface area (Å²) in [5, 5.41) is 3.22. The molecule has 3 heterocycles. The summed E-state index contributed by atoms with van der Waals surface area (Å²) in [4.78, 5) is 64.6. The SMILES string of the molecule is CCN1CCCC1CN(CC(N)=O)C(=O)CCN1C(=O)c2ccccc2C(C(=O)NCCCN2CCCCC2C)C1c1ccc(N(C)C)cc1. The predicted octanol–water partition coefficient (Wildman–Crippen LogP) is 3.60. The molecule has 272 valence electrons. The highest BCUT2D eigenvalue weighted by Gasteiger charge is 2.44. The first-order chi connectivity index (χ1) is 24.1. The van der Waals surface area contributed by atoms with Crippen LogP contribution in [0.3, 0.4) is 0 Å². The lowest BCUT2D eigenvalue weighted by atomic mass is 9.79. The zero-order valence-corrected chi connectivity index (χ0v) is 30.5. The van der Waals surface area contributed by atoms with Crippen molar-refractivity contribution in [2.75, 3.05) is 71.4 Å². The predicted molar refractivity (Wildman–Crippen MR) is 197 cm³/mol. The fraction of sp³-hybridized carbons (Fsp3) is 0.590. The molecule has 3 aliphatic rings. The number of nitrogens with one attached hydrogen (secondary N) is 1. The first-order valence-electron chi connectivity index (χ1n) is 18.6. The van der Waals surface area contributed by atoms with Crippen molar-refractivity contribution in [2.24, 2.45) is 5.73 Å². The van der Waals surface area contributed by atoms with Crippen LogP contribution in [0.1, 0.15) is 92.2 Å². The number of fused-ring (bicyclic) bond motifs is 1. The van der Waals surface area contributed by atoms with Gasteiger partial charge >= 0.3 is 0 Å². The van der Waals surface area contributed by atoms with Crippen LogP contribution in [0.5, 0.6) is 0 Å². The molecule has 0 bridgehead atoms. The fourth-order valence-corrected chi connectivity index (χ4v) is 8.14. The lowest BCUT2D eigenvalue weighted by Gasteiger charge is -2.42. The molecule has 4 atom stereocenters. The molecule has 0 spiro atoms. The quantitative estimate of drug-likeness (QED) is 0.275. The topological polar surface area (TPSA) is 123 Å². The molecule has 2 fully saturated rings. The van der Waals surface area contributed by atoms with E-state index in [1.165, 1.54) is 19.3 Å². The molecule has 0 radical (unpaired) electrons. The number of nitrogens with two attached hydrogens (primary N) is 1. The van der Waals surface area contributed by atoms with Crippen LogP contribution in [-0.2, 0) is 14.4 Å². The molecule has 4 amide bonds. The third-order valence-electron chi connectivity index (χ3n) is 10.9. The molecule has 2 saturated heterocycles. The van der Waals surface area contributed by atoms with Gasteiger partial charge < -0.3 is 30.7 Å². The molecule has 0 aliphatic carbocycles. The van der Waals surface area contributed by atoms with Crippen LogP contribution >= 0.6 is 0 Å². The van der Waals surface area contributed by atoms with Crippen LogP contribution in [0, 0.1) is 0 Å². The van der Waals surface area contributed by atoms with Gasteiger partial charge in [-0.25, -0.2) is 0 Å². The van der Waals surface area contributed by atoms with Crippen molar-refractivity contribution in [3.8, 4) is 0 Å². The molecule has 3 N–H and O–H groups in total. The second-order valence-corrected chi connectivity index (χ2v) is 14.4. The largest absolute Gasteiger partial charge is 0.378 e. The summed E-state index contributed by atoms with van der Waals surface area (Å²) in [6.07, 6.45) is 6.56. The van der Waals surface area contributed by atoms with Gasteiger partial charge in [0.1, 0.15) is 0 Å². The molecule has 4 unspecified atom stereocenters. The maximum absolute atomic E-state index is 14.3. The maximum Gasteiger partial charge on any atom is 0.254 e. The highest BCUT2D eigenvalue weighted by atomic mass is 16.2. The average Bonchev–Trinajstić information content (AvgIpc) is 3.56. The zero-order chi connectivity index (χ0) is 35.8. The van der Waals surface area contributed by atoms with E-state index in [0.717, 1.165) is 56.7 Å². The number of anilines is 1. The number of hydrogen-bond donors (Lipinski definition) is 2. The van der Waals surface area contributed by atoms with Gasteiger partial charge in [-0.1, -0.05) is 43.7 Å². The van der Waals surface area contributed by atoms with E-state index in [-0.39, 0.29) is 43.3 Å². The summed E-state index contributed by atoms with van der Waals surface area (Å²) in [7, 11) is 3.94. The van der Waals surface area contributed by atoms with Crippen LogP contribution in [-0.4, -0.2) is 122 Å². The lowest BCUT2D eigenvalue weighted by molar-refractivity contribution is -0.136. The number of benzene rings is 2. The fourth-order valence-electron chi connectivity index (χ4n) is 8.14. The number of nitrogens with zero attached hydrogens (tertiary/aromatic N) is 5. The van der Waals surface area contributed by atoms with Crippen molar-refractivity contribution in [3.05, 3.63) is 65.2 Å². The molecule has 2 aromatic rings. The van der Waals surface area contributed by atoms with E-state index in [0.29, 0.717) is 30.3 Å². The van der Waals surface area contributed by atoms with Crippen molar-refractivity contribution in [3.63, 3.8) is 0 Å². The monoisotopic (exact) mass is 687 g/mol. The Kier molecular flexibility index (Phi) is 12.9. The van der Waals surface area contributed by atoms with E-state index in [4.69, 9.17) is 5.73 Å². The van der Waals surface area contributed by atoms with Crippen LogP contribution < -0.4 is 16.0 Å². The smallest absolute Gasteiger partial charge is 0.254 e. The number of hydrogen-bond acceptors (Lipinski definition) is 7. The summed E-state index contributed by atoms with van der Waals surface area (Å²) in [6, 6.07) is 15.4. The number of likely N-dealkylation sites (N-methyl/N-ethyl adjacent to an activating group) is 1. The summed E-state index contributed by atoms with van der Waals surface area (Å²) in [5.41, 5.74) is 8.60. The molecule has 50 heavy (non-hydrogen) atoms. The van der Waals surface area contributed by atoms with Gasteiger partial charge in [-0.05, 0) is 88.0 Å². The number of piperidine rings is 1. The van der Waals surface area contributed by atoms with Crippen molar-refractivity contribution in [1.29, 1.82) is 0 Å². The molecule has 0 saturated carbocycles. The number of primary amides is 1. The standard InChI is InChI=1S/C39H57N7O4/c1-5-43-23-10-13-31(43)26-45(27-34(40)47)35(48)20-25-46-37(29-16-18-30(19-17-29)42(3)4)36(32-14-6-7-15-33(32)39(46)50)38(49)41-21-11-24-44-22-9-8-12-28(44)2/h6-7,14-19,28,31,36-37H,5,8-13,20-27H2,1-4H3,(H2,40,47)(H,41,49). The molecule has 5 rings (SSSR count). The molecule has 2 aromatic carbocycles. The molecule has 0 aromatic heterocycles. The van der Waals surface area contributed by atoms with E-state index in [2.05, 4.69) is 29.0 Å². The number of carbonyl (C=O) groups is 4. The first kappa shape index (κ1) is 37.3. The number of carbonyl (C=O) groups excluding carboxylic acids is 4. The number of amides is 4. The van der Waals surface area contributed by atoms with E-state index < -0.39 is 17.9 Å². The Labute approximate surface area is 298 Å². The van der Waals surface area contributed by atoms with Gasteiger partial charge in [0.05, 0.1) is 18.5 Å². The van der Waals surface area contributed by atoms with Crippen molar-refractivity contribution in [2.45, 2.75) is 82.8 Å². The lowest BCUT2D eigenvalue weighted by Crippen LogP contribution is -2.50. The maximum atomic E-state index is 14.3. The van der Waals surface area contributed by atoms with Gasteiger partial charge in [-0.15, -0.1) is 0 Å². The molecule has 3 aliphatic heterocycles. The Bertz CT molecular complexity index is 1480.